The number of hydrogen-bond donors (Lipinski definition) is 0. The van der Waals surface area contributed by atoms with Gasteiger partial charge in [-0.15, -0.1) is 0 Å². The van der Waals surface area contributed by atoms with Crippen molar-refractivity contribution in [2.75, 3.05) is 7.05 Å². The van der Waals surface area contributed by atoms with Gasteiger partial charge >= 0.3 is 0 Å². The third kappa shape index (κ3) is 2.62. The van der Waals surface area contributed by atoms with Crippen LogP contribution in [0.15, 0.2) is 0 Å². The van der Waals surface area contributed by atoms with E-state index in [0.29, 0.717) is 6.04 Å². The van der Waals surface area contributed by atoms with Gasteiger partial charge in [0.1, 0.15) is 0 Å². The van der Waals surface area contributed by atoms with E-state index in [1.165, 1.54) is 0 Å². The van der Waals surface area contributed by atoms with Crippen molar-refractivity contribution in [3.8, 4) is 0 Å². The van der Waals surface area contributed by atoms with Gasteiger partial charge in [-0.25, -0.2) is 0 Å². The normalized spacial score (nSPS) is 11.0. The van der Waals surface area contributed by atoms with E-state index in [2.05, 4.69) is 27.9 Å². The van der Waals surface area contributed by atoms with Crippen LogP contribution < -0.4 is 0 Å². The molecule has 0 saturated heterocycles. The van der Waals surface area contributed by atoms with Crippen molar-refractivity contribution in [2.45, 2.75) is 19.9 Å². The van der Waals surface area contributed by atoms with Gasteiger partial charge in [-0.3, -0.25) is 4.67 Å². The molecule has 0 saturated carbocycles. The van der Waals surface area contributed by atoms with Crippen molar-refractivity contribution >= 4 is 9.39 Å². The summed E-state index contributed by atoms with van der Waals surface area (Å²) < 4.78 is 2.08. The highest BCUT2D eigenvalue weighted by Gasteiger charge is 1.90. The quantitative estimate of drug-likeness (QED) is 0.451. The van der Waals surface area contributed by atoms with Crippen LogP contribution in [0.1, 0.15) is 13.8 Å². The van der Waals surface area contributed by atoms with E-state index in [-0.39, 0.29) is 0 Å². The Bertz CT molecular complexity index is 28.5. The smallest absolute Gasteiger partial charge is 0.00696 e. The first kappa shape index (κ1) is 6.39. The topological polar surface area (TPSA) is 3.24 Å². The molecular formula is C4H12NP. The summed E-state index contributed by atoms with van der Waals surface area (Å²) in [5.74, 6) is 0. The summed E-state index contributed by atoms with van der Waals surface area (Å²) in [6.07, 6.45) is 0. The molecule has 38 valence electrons. The van der Waals surface area contributed by atoms with Crippen molar-refractivity contribution < 1.29 is 0 Å². The lowest BCUT2D eigenvalue weighted by atomic mass is 10.4. The second kappa shape index (κ2) is 2.54. The highest BCUT2D eigenvalue weighted by atomic mass is 31.0. The van der Waals surface area contributed by atoms with Crippen LogP contribution in [0.3, 0.4) is 0 Å². The van der Waals surface area contributed by atoms with Gasteiger partial charge in [0.2, 0.25) is 0 Å². The van der Waals surface area contributed by atoms with Crippen LogP contribution in [-0.2, 0) is 0 Å². The molecule has 0 amide bonds. The molecule has 0 aromatic heterocycles. The van der Waals surface area contributed by atoms with Gasteiger partial charge in [-0.1, -0.05) is 9.39 Å². The van der Waals surface area contributed by atoms with Crippen molar-refractivity contribution in [1.82, 2.24) is 4.67 Å². The maximum absolute atomic E-state index is 2.61. The Kier molecular flexibility index (Phi) is 2.71. The Hall–Kier alpha value is 0.390. The molecule has 0 fully saturated rings. The number of hydrogen-bond acceptors (Lipinski definition) is 1. The van der Waals surface area contributed by atoms with Crippen LogP contribution in [0.25, 0.3) is 0 Å². The average molecular weight is 105 g/mol. The Morgan fingerprint density at radius 2 is 1.67 bits per heavy atom. The molecule has 0 heterocycles. The molecule has 0 aliphatic rings. The van der Waals surface area contributed by atoms with E-state index in [9.17, 15) is 0 Å². The molecule has 0 aliphatic heterocycles. The summed E-state index contributed by atoms with van der Waals surface area (Å²) in [6, 6.07) is 0.648. The summed E-state index contributed by atoms with van der Waals surface area (Å²) in [6.45, 7) is 4.29. The lowest BCUT2D eigenvalue weighted by Crippen LogP contribution is -2.13. The van der Waals surface area contributed by atoms with Gasteiger partial charge in [-0.05, 0) is 20.9 Å². The Balaban J connectivity index is 2.99. The van der Waals surface area contributed by atoms with Crippen molar-refractivity contribution in [3.05, 3.63) is 0 Å². The maximum Gasteiger partial charge on any atom is 0.00696 e. The van der Waals surface area contributed by atoms with Gasteiger partial charge in [0.25, 0.3) is 0 Å². The molecule has 1 nitrogen and oxygen atoms in total. The summed E-state index contributed by atoms with van der Waals surface area (Å²) in [4.78, 5) is 0. The fraction of sp³-hybridized carbons (Fsp3) is 1.00. The first-order valence-electron chi connectivity index (χ1n) is 2.12. The standard InChI is InChI=1S/C4H12NP/c1-4(2)5(3)6/h4H,6H2,1-3H3. The lowest BCUT2D eigenvalue weighted by molar-refractivity contribution is 0.468. The molecule has 0 bridgehead atoms. The van der Waals surface area contributed by atoms with E-state index in [4.69, 9.17) is 0 Å². The van der Waals surface area contributed by atoms with E-state index < -0.39 is 0 Å². The van der Waals surface area contributed by atoms with Crippen molar-refractivity contribution in [2.24, 2.45) is 0 Å². The minimum absolute atomic E-state index is 0.648. The highest BCUT2D eigenvalue weighted by molar-refractivity contribution is 7.13. The SMILES string of the molecule is CC(C)N(C)P. The summed E-state index contributed by atoms with van der Waals surface area (Å²) in [7, 11) is 4.64. The number of rotatable bonds is 1. The molecule has 2 heteroatoms. The van der Waals surface area contributed by atoms with Crippen LogP contribution in [0, 0.1) is 0 Å². The van der Waals surface area contributed by atoms with Gasteiger partial charge in [0.15, 0.2) is 0 Å². The van der Waals surface area contributed by atoms with Gasteiger partial charge in [0.05, 0.1) is 0 Å². The second-order valence-electron chi connectivity index (χ2n) is 1.76. The molecule has 0 aromatic rings. The average Bonchev–Trinajstić information content (AvgIpc) is 1.36. The fourth-order valence-corrected chi connectivity index (χ4v) is 0. The predicted molar refractivity (Wildman–Crippen MR) is 32.6 cm³/mol. The van der Waals surface area contributed by atoms with Crippen LogP contribution in [0.5, 0.6) is 0 Å². The molecule has 0 spiro atoms. The van der Waals surface area contributed by atoms with Crippen molar-refractivity contribution in [1.29, 1.82) is 0 Å². The van der Waals surface area contributed by atoms with Crippen LogP contribution in [0.4, 0.5) is 0 Å². The molecule has 0 radical (unpaired) electrons. The third-order valence-corrected chi connectivity index (χ3v) is 1.41. The Morgan fingerprint density at radius 1 is 1.50 bits per heavy atom. The zero-order valence-electron chi connectivity index (χ0n) is 4.60. The third-order valence-electron chi connectivity index (χ3n) is 0.815. The van der Waals surface area contributed by atoms with E-state index in [1.807, 2.05) is 7.05 Å². The zero-order valence-corrected chi connectivity index (χ0v) is 5.76. The fourth-order valence-electron chi connectivity index (χ4n) is 0. The predicted octanol–water partition coefficient (Wildman–Crippen LogP) is 1.12. The molecule has 0 aromatic carbocycles. The minimum atomic E-state index is 0.648. The van der Waals surface area contributed by atoms with Crippen molar-refractivity contribution in [3.63, 3.8) is 0 Å². The summed E-state index contributed by atoms with van der Waals surface area (Å²) in [5, 5.41) is 0. The van der Waals surface area contributed by atoms with Crippen LogP contribution in [0.2, 0.25) is 0 Å². The molecule has 1 unspecified atom stereocenters. The summed E-state index contributed by atoms with van der Waals surface area (Å²) in [5.41, 5.74) is 0. The molecule has 0 aliphatic carbocycles. The Morgan fingerprint density at radius 3 is 1.67 bits per heavy atom. The molecule has 6 heavy (non-hydrogen) atoms. The highest BCUT2D eigenvalue weighted by Crippen LogP contribution is 1.97. The second-order valence-corrected chi connectivity index (χ2v) is 2.57. The first-order valence-corrected chi connectivity index (χ1v) is 2.63. The lowest BCUT2D eigenvalue weighted by Gasteiger charge is -2.12. The number of nitrogens with zero attached hydrogens (tertiary/aromatic N) is 1. The maximum atomic E-state index is 2.61. The van der Waals surface area contributed by atoms with Gasteiger partial charge < -0.3 is 0 Å². The van der Waals surface area contributed by atoms with E-state index in [0.717, 1.165) is 0 Å². The van der Waals surface area contributed by atoms with Gasteiger partial charge in [-0.2, -0.15) is 0 Å². The molecule has 0 N–H and O–H groups in total. The monoisotopic (exact) mass is 105 g/mol. The molecule has 1 atom stereocenters. The summed E-state index contributed by atoms with van der Waals surface area (Å²) >= 11 is 0. The van der Waals surface area contributed by atoms with Gasteiger partial charge in [0, 0.05) is 6.04 Å². The zero-order chi connectivity index (χ0) is 5.15. The van der Waals surface area contributed by atoms with E-state index >= 15 is 0 Å². The van der Waals surface area contributed by atoms with Crippen LogP contribution in [-0.4, -0.2) is 17.8 Å². The first-order chi connectivity index (χ1) is 2.64. The molecule has 0 rings (SSSR count). The largest absolute Gasteiger partial charge is 0.288 e. The molecular weight excluding hydrogens is 93.0 g/mol. The Labute approximate surface area is 42.0 Å². The van der Waals surface area contributed by atoms with Crippen LogP contribution >= 0.6 is 9.39 Å². The minimum Gasteiger partial charge on any atom is -0.288 e. The van der Waals surface area contributed by atoms with E-state index in [1.54, 1.807) is 0 Å².